The van der Waals surface area contributed by atoms with Crippen LogP contribution in [0.2, 0.25) is 0 Å². The lowest BCUT2D eigenvalue weighted by Crippen LogP contribution is -2.39. The van der Waals surface area contributed by atoms with Crippen molar-refractivity contribution in [2.75, 3.05) is 14.2 Å². The first-order valence-electron chi connectivity index (χ1n) is 8.81. The molecule has 4 unspecified atom stereocenters. The minimum atomic E-state index is -0.0462. The van der Waals surface area contributed by atoms with Crippen molar-refractivity contribution in [1.82, 2.24) is 5.32 Å². The minimum Gasteiger partial charge on any atom is -0.497 e. The van der Waals surface area contributed by atoms with E-state index in [1.54, 1.807) is 26.4 Å². The van der Waals surface area contributed by atoms with Crippen molar-refractivity contribution in [3.05, 3.63) is 29.8 Å². The Balaban J connectivity index is 1.61. The van der Waals surface area contributed by atoms with E-state index in [-0.39, 0.29) is 11.9 Å². The van der Waals surface area contributed by atoms with Crippen LogP contribution in [0.3, 0.4) is 0 Å². The summed E-state index contributed by atoms with van der Waals surface area (Å²) in [5.41, 5.74) is 0.833. The number of ether oxygens (including phenoxy) is 2. The summed E-state index contributed by atoms with van der Waals surface area (Å²) in [7, 11) is 3.25. The first-order valence-corrected chi connectivity index (χ1v) is 8.81. The lowest BCUT2D eigenvalue weighted by atomic mass is 9.84. The Morgan fingerprint density at radius 2 is 2.08 bits per heavy atom. The predicted molar refractivity (Wildman–Crippen MR) is 95.1 cm³/mol. The van der Waals surface area contributed by atoms with E-state index in [9.17, 15) is 4.79 Å². The molecule has 0 radical (unpaired) electrons. The Kier molecular flexibility index (Phi) is 5.12. The lowest BCUT2D eigenvalue weighted by molar-refractivity contribution is -0.117. The summed E-state index contributed by atoms with van der Waals surface area (Å²) < 4.78 is 10.6. The summed E-state index contributed by atoms with van der Waals surface area (Å²) >= 11 is 0. The van der Waals surface area contributed by atoms with Crippen LogP contribution in [0.15, 0.2) is 24.3 Å². The fourth-order valence-electron chi connectivity index (χ4n) is 4.42. The molecule has 1 aromatic carbocycles. The molecule has 24 heavy (non-hydrogen) atoms. The highest BCUT2D eigenvalue weighted by Crippen LogP contribution is 2.49. The summed E-state index contributed by atoms with van der Waals surface area (Å²) in [5, 5.41) is 3.15. The molecule has 130 valence electrons. The van der Waals surface area contributed by atoms with E-state index in [0.29, 0.717) is 5.92 Å². The number of fused-ring (bicyclic) bond motifs is 2. The number of rotatable bonds is 6. The monoisotopic (exact) mass is 329 g/mol. The number of amides is 1. The Morgan fingerprint density at radius 3 is 2.71 bits per heavy atom. The van der Waals surface area contributed by atoms with Crippen molar-refractivity contribution in [3.8, 4) is 11.5 Å². The van der Waals surface area contributed by atoms with E-state index in [1.165, 1.54) is 25.7 Å². The highest BCUT2D eigenvalue weighted by molar-refractivity contribution is 5.92. The van der Waals surface area contributed by atoms with Gasteiger partial charge in [-0.2, -0.15) is 0 Å². The Morgan fingerprint density at radius 1 is 1.25 bits per heavy atom. The highest BCUT2D eigenvalue weighted by Gasteiger charge is 2.41. The van der Waals surface area contributed by atoms with Gasteiger partial charge in [-0.3, -0.25) is 4.79 Å². The fourth-order valence-corrected chi connectivity index (χ4v) is 4.42. The quantitative estimate of drug-likeness (QED) is 0.810. The van der Waals surface area contributed by atoms with Gasteiger partial charge in [0.25, 0.3) is 0 Å². The highest BCUT2D eigenvalue weighted by atomic mass is 16.5. The first-order chi connectivity index (χ1) is 11.6. The molecule has 0 saturated heterocycles. The molecule has 1 aromatic rings. The molecule has 0 aromatic heterocycles. The second-order valence-corrected chi connectivity index (χ2v) is 7.08. The molecule has 2 bridgehead atoms. The van der Waals surface area contributed by atoms with E-state index < -0.39 is 0 Å². The van der Waals surface area contributed by atoms with Crippen LogP contribution in [0.25, 0.3) is 6.08 Å². The van der Waals surface area contributed by atoms with Crippen molar-refractivity contribution in [1.29, 1.82) is 0 Å². The molecule has 4 heteroatoms. The standard InChI is InChI=1S/C20H27NO3/c1-13(18-11-14-4-5-15(18)10-14)21-20(22)9-6-16-12-17(23-2)7-8-19(16)24-3/h6-9,12-15,18H,4-5,10-11H2,1-3H3,(H,21,22)/b9-6+. The van der Waals surface area contributed by atoms with Gasteiger partial charge < -0.3 is 14.8 Å². The van der Waals surface area contributed by atoms with Crippen molar-refractivity contribution in [2.24, 2.45) is 17.8 Å². The van der Waals surface area contributed by atoms with E-state index >= 15 is 0 Å². The minimum absolute atomic E-state index is 0.0462. The van der Waals surface area contributed by atoms with Gasteiger partial charge in [0.05, 0.1) is 14.2 Å². The molecule has 2 aliphatic rings. The predicted octanol–water partition coefficient (Wildman–Crippen LogP) is 3.66. The summed E-state index contributed by atoms with van der Waals surface area (Å²) in [6.07, 6.45) is 8.73. The number of methoxy groups -OCH3 is 2. The van der Waals surface area contributed by atoms with Crippen LogP contribution in [0.4, 0.5) is 0 Å². The Bertz CT molecular complexity index is 625. The largest absolute Gasteiger partial charge is 0.497 e. The van der Waals surface area contributed by atoms with Gasteiger partial charge in [-0.25, -0.2) is 0 Å². The number of hydrogen-bond donors (Lipinski definition) is 1. The summed E-state index contributed by atoms with van der Waals surface area (Å²) in [6, 6.07) is 5.79. The van der Waals surface area contributed by atoms with E-state index in [1.807, 2.05) is 18.2 Å². The molecule has 0 aliphatic heterocycles. The summed E-state index contributed by atoms with van der Waals surface area (Å²) in [4.78, 5) is 12.3. The smallest absolute Gasteiger partial charge is 0.244 e. The zero-order valence-corrected chi connectivity index (χ0v) is 14.7. The maximum Gasteiger partial charge on any atom is 0.244 e. The van der Waals surface area contributed by atoms with Gasteiger partial charge in [-0.15, -0.1) is 0 Å². The van der Waals surface area contributed by atoms with Gasteiger partial charge in [0.2, 0.25) is 5.91 Å². The molecule has 0 heterocycles. The Labute approximate surface area is 144 Å². The number of carbonyl (C=O) groups is 1. The second-order valence-electron chi connectivity index (χ2n) is 7.08. The SMILES string of the molecule is COc1ccc(OC)c(/C=C/C(=O)NC(C)C2CC3CCC2C3)c1. The zero-order valence-electron chi connectivity index (χ0n) is 14.7. The lowest BCUT2D eigenvalue weighted by Gasteiger charge is -2.28. The van der Waals surface area contributed by atoms with Gasteiger partial charge in [-0.1, -0.05) is 6.42 Å². The molecule has 1 amide bonds. The topological polar surface area (TPSA) is 47.6 Å². The van der Waals surface area contributed by atoms with Crippen molar-refractivity contribution < 1.29 is 14.3 Å². The number of carbonyl (C=O) groups excluding carboxylic acids is 1. The maximum atomic E-state index is 12.3. The average Bonchev–Trinajstić information content (AvgIpc) is 3.23. The molecule has 4 atom stereocenters. The zero-order chi connectivity index (χ0) is 17.1. The molecule has 0 spiro atoms. The third-order valence-electron chi connectivity index (χ3n) is 5.66. The van der Waals surface area contributed by atoms with Crippen molar-refractivity contribution >= 4 is 12.0 Å². The third kappa shape index (κ3) is 3.58. The molecule has 2 saturated carbocycles. The van der Waals surface area contributed by atoms with Gasteiger partial charge in [0.1, 0.15) is 11.5 Å². The van der Waals surface area contributed by atoms with Crippen molar-refractivity contribution in [3.63, 3.8) is 0 Å². The molecule has 2 aliphatic carbocycles. The maximum absolute atomic E-state index is 12.3. The van der Waals surface area contributed by atoms with Crippen LogP contribution in [0.5, 0.6) is 11.5 Å². The summed E-state index contributed by atoms with van der Waals surface area (Å²) in [6.45, 7) is 2.14. The van der Waals surface area contributed by atoms with Gasteiger partial charge in [0.15, 0.2) is 0 Å². The van der Waals surface area contributed by atoms with Crippen LogP contribution in [-0.2, 0) is 4.79 Å². The number of nitrogens with one attached hydrogen (secondary N) is 1. The van der Waals surface area contributed by atoms with E-state index in [0.717, 1.165) is 28.9 Å². The second kappa shape index (κ2) is 7.29. The van der Waals surface area contributed by atoms with Crippen molar-refractivity contribution in [2.45, 2.75) is 38.6 Å². The average molecular weight is 329 g/mol. The van der Waals surface area contributed by atoms with Gasteiger partial charge in [-0.05, 0) is 68.2 Å². The van der Waals surface area contributed by atoms with Crippen LogP contribution < -0.4 is 14.8 Å². The number of benzene rings is 1. The first kappa shape index (κ1) is 16.9. The molecule has 2 fully saturated rings. The summed E-state index contributed by atoms with van der Waals surface area (Å²) in [5.74, 6) is 3.78. The van der Waals surface area contributed by atoms with E-state index in [2.05, 4.69) is 12.2 Å². The van der Waals surface area contributed by atoms with Crippen LogP contribution >= 0.6 is 0 Å². The van der Waals surface area contributed by atoms with Gasteiger partial charge in [0, 0.05) is 17.7 Å². The van der Waals surface area contributed by atoms with Gasteiger partial charge >= 0.3 is 0 Å². The fraction of sp³-hybridized carbons (Fsp3) is 0.550. The molecule has 1 N–H and O–H groups in total. The normalized spacial score (nSPS) is 26.5. The molecule has 3 rings (SSSR count). The van der Waals surface area contributed by atoms with Crippen LogP contribution in [0.1, 0.15) is 38.2 Å². The van der Waals surface area contributed by atoms with Crippen LogP contribution in [-0.4, -0.2) is 26.2 Å². The molecular formula is C20H27NO3. The Hall–Kier alpha value is -1.97. The molecule has 4 nitrogen and oxygen atoms in total. The third-order valence-corrected chi connectivity index (χ3v) is 5.66. The van der Waals surface area contributed by atoms with Crippen LogP contribution in [0, 0.1) is 17.8 Å². The number of hydrogen-bond acceptors (Lipinski definition) is 3. The molecular weight excluding hydrogens is 302 g/mol. The van der Waals surface area contributed by atoms with E-state index in [4.69, 9.17) is 9.47 Å².